The number of hydrogen-bond donors (Lipinski definition) is 1. The Hall–Kier alpha value is -1.79. The van der Waals surface area contributed by atoms with Crippen LogP contribution < -0.4 is 14.8 Å². The smallest absolute Gasteiger partial charge is 0.223 e. The van der Waals surface area contributed by atoms with Crippen LogP contribution in [-0.4, -0.2) is 75.7 Å². The molecule has 1 amide bonds. The van der Waals surface area contributed by atoms with Gasteiger partial charge in [-0.05, 0) is 32.1 Å². The van der Waals surface area contributed by atoms with E-state index in [9.17, 15) is 4.79 Å². The average Bonchev–Trinajstić information content (AvgIpc) is 2.60. The number of para-hydroxylation sites is 2. The summed E-state index contributed by atoms with van der Waals surface area (Å²) in [6, 6.07) is 7.45. The molecule has 1 aromatic carbocycles. The van der Waals surface area contributed by atoms with Crippen molar-refractivity contribution in [2.75, 3.05) is 60.0 Å². The lowest BCUT2D eigenvalue weighted by Crippen LogP contribution is -2.45. The molecular formula is C18H29N3O3. The van der Waals surface area contributed by atoms with Gasteiger partial charge in [0, 0.05) is 32.7 Å². The third kappa shape index (κ3) is 6.37. The number of likely N-dealkylation sites (N-methyl/N-ethyl adjacent to an activating group) is 1. The lowest BCUT2D eigenvalue weighted by Gasteiger charge is -2.32. The van der Waals surface area contributed by atoms with E-state index in [4.69, 9.17) is 9.47 Å². The van der Waals surface area contributed by atoms with Gasteiger partial charge in [0.1, 0.15) is 0 Å². The average molecular weight is 335 g/mol. The second-order valence-corrected chi connectivity index (χ2v) is 6.10. The number of carbonyl (C=O) groups excluding carboxylic acids is 1. The Bertz CT molecular complexity index is 502. The number of benzene rings is 1. The second-order valence-electron chi connectivity index (χ2n) is 6.10. The van der Waals surface area contributed by atoms with Crippen LogP contribution in [-0.2, 0) is 4.79 Å². The Morgan fingerprint density at radius 1 is 1.17 bits per heavy atom. The summed E-state index contributed by atoms with van der Waals surface area (Å²) >= 11 is 0. The number of hydrogen-bond acceptors (Lipinski definition) is 5. The molecule has 134 valence electrons. The Kier molecular flexibility index (Phi) is 7.85. The van der Waals surface area contributed by atoms with Crippen molar-refractivity contribution in [2.45, 2.75) is 12.8 Å². The van der Waals surface area contributed by atoms with Gasteiger partial charge < -0.3 is 24.6 Å². The van der Waals surface area contributed by atoms with E-state index in [0.717, 1.165) is 45.7 Å². The summed E-state index contributed by atoms with van der Waals surface area (Å²) in [5.41, 5.74) is 0. The molecule has 1 fully saturated rings. The van der Waals surface area contributed by atoms with Gasteiger partial charge in [-0.1, -0.05) is 12.1 Å². The van der Waals surface area contributed by atoms with Gasteiger partial charge in [0.05, 0.1) is 20.1 Å². The molecule has 24 heavy (non-hydrogen) atoms. The van der Waals surface area contributed by atoms with Gasteiger partial charge in [-0.25, -0.2) is 0 Å². The minimum absolute atomic E-state index is 0.0308. The fourth-order valence-electron chi connectivity index (χ4n) is 2.68. The van der Waals surface area contributed by atoms with Gasteiger partial charge >= 0.3 is 0 Å². The SMILES string of the molecule is COc1ccccc1OCCC(=O)NCCCN1CCN(C)CC1. The van der Waals surface area contributed by atoms with Gasteiger partial charge in [-0.15, -0.1) is 0 Å². The quantitative estimate of drug-likeness (QED) is 0.688. The van der Waals surface area contributed by atoms with Crippen LogP contribution in [0.3, 0.4) is 0 Å². The largest absolute Gasteiger partial charge is 0.493 e. The molecule has 6 nitrogen and oxygen atoms in total. The maximum atomic E-state index is 11.8. The molecule has 0 bridgehead atoms. The van der Waals surface area contributed by atoms with E-state index in [1.165, 1.54) is 0 Å². The first-order valence-corrected chi connectivity index (χ1v) is 8.62. The van der Waals surface area contributed by atoms with Crippen LogP contribution in [0, 0.1) is 0 Å². The van der Waals surface area contributed by atoms with Crippen LogP contribution >= 0.6 is 0 Å². The fraction of sp³-hybridized carbons (Fsp3) is 0.611. The molecule has 0 unspecified atom stereocenters. The summed E-state index contributed by atoms with van der Waals surface area (Å²) in [5, 5.41) is 2.96. The van der Waals surface area contributed by atoms with Crippen molar-refractivity contribution in [3.8, 4) is 11.5 Å². The van der Waals surface area contributed by atoms with Crippen molar-refractivity contribution < 1.29 is 14.3 Å². The van der Waals surface area contributed by atoms with Gasteiger partial charge in [-0.3, -0.25) is 4.79 Å². The molecule has 1 N–H and O–H groups in total. The fourth-order valence-corrected chi connectivity index (χ4v) is 2.68. The number of piperazine rings is 1. The van der Waals surface area contributed by atoms with Crippen molar-refractivity contribution in [3.05, 3.63) is 24.3 Å². The Morgan fingerprint density at radius 3 is 2.58 bits per heavy atom. The van der Waals surface area contributed by atoms with Crippen molar-refractivity contribution in [1.82, 2.24) is 15.1 Å². The molecule has 2 rings (SSSR count). The van der Waals surface area contributed by atoms with Crippen molar-refractivity contribution >= 4 is 5.91 Å². The molecule has 0 aliphatic carbocycles. The summed E-state index contributed by atoms with van der Waals surface area (Å²) < 4.78 is 10.8. The highest BCUT2D eigenvalue weighted by Crippen LogP contribution is 2.25. The highest BCUT2D eigenvalue weighted by Gasteiger charge is 2.13. The number of amides is 1. The zero-order valence-electron chi connectivity index (χ0n) is 14.8. The van der Waals surface area contributed by atoms with Crippen LogP contribution in [0.2, 0.25) is 0 Å². The zero-order valence-corrected chi connectivity index (χ0v) is 14.8. The highest BCUT2D eigenvalue weighted by molar-refractivity contribution is 5.75. The number of nitrogens with one attached hydrogen (secondary N) is 1. The van der Waals surface area contributed by atoms with E-state index in [1.54, 1.807) is 7.11 Å². The standard InChI is InChI=1S/C18H29N3O3/c1-20-11-13-21(14-12-20)10-5-9-19-18(22)8-15-24-17-7-4-3-6-16(17)23-2/h3-4,6-7H,5,8-15H2,1-2H3,(H,19,22). The van der Waals surface area contributed by atoms with Gasteiger partial charge in [0.25, 0.3) is 0 Å². The zero-order chi connectivity index (χ0) is 17.2. The first-order valence-electron chi connectivity index (χ1n) is 8.62. The predicted octanol–water partition coefficient (Wildman–Crippen LogP) is 1.22. The van der Waals surface area contributed by atoms with Gasteiger partial charge in [0.2, 0.25) is 5.91 Å². The molecule has 1 saturated heterocycles. The highest BCUT2D eigenvalue weighted by atomic mass is 16.5. The number of methoxy groups -OCH3 is 1. The molecule has 0 spiro atoms. The third-order valence-electron chi connectivity index (χ3n) is 4.22. The molecule has 0 atom stereocenters. The minimum atomic E-state index is 0.0308. The number of nitrogens with zero attached hydrogens (tertiary/aromatic N) is 2. The van der Waals surface area contributed by atoms with Crippen LogP contribution in [0.25, 0.3) is 0 Å². The minimum Gasteiger partial charge on any atom is -0.493 e. The Morgan fingerprint density at radius 2 is 1.88 bits per heavy atom. The van der Waals surface area contributed by atoms with E-state index in [2.05, 4.69) is 22.2 Å². The molecule has 0 aromatic heterocycles. The third-order valence-corrected chi connectivity index (χ3v) is 4.22. The lowest BCUT2D eigenvalue weighted by molar-refractivity contribution is -0.121. The maximum absolute atomic E-state index is 11.8. The van der Waals surface area contributed by atoms with Gasteiger partial charge in [-0.2, -0.15) is 0 Å². The maximum Gasteiger partial charge on any atom is 0.223 e. The van der Waals surface area contributed by atoms with Crippen LogP contribution in [0.1, 0.15) is 12.8 Å². The lowest BCUT2D eigenvalue weighted by atomic mass is 10.3. The van der Waals surface area contributed by atoms with E-state index in [-0.39, 0.29) is 5.91 Å². The predicted molar refractivity (Wildman–Crippen MR) is 94.7 cm³/mol. The molecule has 1 heterocycles. The van der Waals surface area contributed by atoms with Gasteiger partial charge in [0.15, 0.2) is 11.5 Å². The molecular weight excluding hydrogens is 306 g/mol. The number of rotatable bonds is 9. The summed E-state index contributed by atoms with van der Waals surface area (Å²) in [7, 11) is 3.76. The van der Waals surface area contributed by atoms with Crippen molar-refractivity contribution in [3.63, 3.8) is 0 Å². The Labute approximate surface area is 144 Å². The number of ether oxygens (including phenoxy) is 2. The molecule has 0 saturated carbocycles. The Balaban J connectivity index is 1.54. The monoisotopic (exact) mass is 335 g/mol. The molecule has 0 radical (unpaired) electrons. The second kappa shape index (κ2) is 10.2. The molecule has 1 aromatic rings. The van der Waals surface area contributed by atoms with Crippen LogP contribution in [0.15, 0.2) is 24.3 Å². The van der Waals surface area contributed by atoms with Crippen LogP contribution in [0.4, 0.5) is 0 Å². The van der Waals surface area contributed by atoms with E-state index in [0.29, 0.717) is 24.5 Å². The van der Waals surface area contributed by atoms with Crippen molar-refractivity contribution in [1.29, 1.82) is 0 Å². The van der Waals surface area contributed by atoms with Crippen LogP contribution in [0.5, 0.6) is 11.5 Å². The summed E-state index contributed by atoms with van der Waals surface area (Å²) in [6.45, 7) is 6.63. The van der Waals surface area contributed by atoms with Crippen molar-refractivity contribution in [2.24, 2.45) is 0 Å². The first-order chi connectivity index (χ1) is 11.7. The first kappa shape index (κ1) is 18.5. The summed E-state index contributed by atoms with van der Waals surface area (Å²) in [6.07, 6.45) is 1.34. The molecule has 1 aliphatic rings. The summed E-state index contributed by atoms with van der Waals surface area (Å²) in [5.74, 6) is 1.39. The van der Waals surface area contributed by atoms with E-state index < -0.39 is 0 Å². The molecule has 1 aliphatic heterocycles. The molecule has 6 heteroatoms. The van der Waals surface area contributed by atoms with E-state index >= 15 is 0 Å². The topological polar surface area (TPSA) is 54.0 Å². The number of carbonyl (C=O) groups is 1. The normalized spacial score (nSPS) is 15.9. The summed E-state index contributed by atoms with van der Waals surface area (Å²) in [4.78, 5) is 16.6. The van der Waals surface area contributed by atoms with E-state index in [1.807, 2.05) is 24.3 Å².